The molecular formula is C20H17BrN2O2S. The van der Waals surface area contributed by atoms with Gasteiger partial charge in [0.2, 0.25) is 0 Å². The molecular weight excluding hydrogens is 412 g/mol. The molecule has 132 valence electrons. The Balaban J connectivity index is 1.65. The number of hydrogen-bond acceptors (Lipinski definition) is 4. The molecule has 0 aromatic heterocycles. The van der Waals surface area contributed by atoms with Gasteiger partial charge in [0, 0.05) is 10.2 Å². The minimum Gasteiger partial charge on any atom is -0.367 e. The Bertz CT molecular complexity index is 894. The average Bonchev–Trinajstić information content (AvgIpc) is 2.89. The average molecular weight is 429 g/mol. The molecule has 1 fully saturated rings. The second kappa shape index (κ2) is 8.38. The molecule has 0 radical (unpaired) electrons. The molecule has 2 aromatic rings. The molecule has 0 atom stereocenters. The highest BCUT2D eigenvalue weighted by molar-refractivity contribution is 9.10. The van der Waals surface area contributed by atoms with E-state index < -0.39 is 0 Å². The zero-order valence-electron chi connectivity index (χ0n) is 14.1. The highest BCUT2D eigenvalue weighted by Gasteiger charge is 2.34. The summed E-state index contributed by atoms with van der Waals surface area (Å²) in [5.41, 5.74) is 2.96. The van der Waals surface area contributed by atoms with Crippen LogP contribution in [0, 0.1) is 6.92 Å². The van der Waals surface area contributed by atoms with E-state index in [9.17, 15) is 9.59 Å². The van der Waals surface area contributed by atoms with Crippen molar-refractivity contribution in [2.24, 2.45) is 0 Å². The van der Waals surface area contributed by atoms with Crippen LogP contribution >= 0.6 is 27.7 Å². The molecule has 0 unspecified atom stereocenters. The minimum absolute atomic E-state index is 0.146. The lowest BCUT2D eigenvalue weighted by Crippen LogP contribution is -2.33. The monoisotopic (exact) mass is 428 g/mol. The normalized spacial score (nSPS) is 16.1. The first-order chi connectivity index (χ1) is 12.5. The second-order valence-electron chi connectivity index (χ2n) is 5.70. The van der Waals surface area contributed by atoms with Crippen LogP contribution in [0.2, 0.25) is 0 Å². The van der Waals surface area contributed by atoms with E-state index >= 15 is 0 Å². The maximum Gasteiger partial charge on any atom is 0.295 e. The fraction of sp³-hybridized carbons (Fsp3) is 0.100. The molecule has 1 saturated heterocycles. The predicted molar refractivity (Wildman–Crippen MR) is 111 cm³/mol. The molecule has 1 heterocycles. The molecule has 3 rings (SSSR count). The first-order valence-electron chi connectivity index (χ1n) is 8.02. The van der Waals surface area contributed by atoms with Gasteiger partial charge >= 0.3 is 0 Å². The number of nitrogens with zero attached hydrogens (tertiary/aromatic N) is 1. The number of amides is 2. The van der Waals surface area contributed by atoms with E-state index in [0.29, 0.717) is 4.91 Å². The van der Waals surface area contributed by atoms with Gasteiger partial charge in [-0.15, -0.1) is 0 Å². The standard InChI is InChI=1S/C20H17BrN2O2S/c1-14-12-16(21)10-11-17(14)22-13-23-19(24)18(26-20(23)25)9-5-8-15-6-3-2-4-7-15/h2-12,22H,13H2,1H3/b8-5-,18-9+. The number of carbonyl (C=O) groups excluding carboxylic acids is 2. The van der Waals surface area contributed by atoms with Crippen molar-refractivity contribution < 1.29 is 9.59 Å². The van der Waals surface area contributed by atoms with E-state index in [-0.39, 0.29) is 17.8 Å². The van der Waals surface area contributed by atoms with Crippen molar-refractivity contribution in [1.82, 2.24) is 4.90 Å². The summed E-state index contributed by atoms with van der Waals surface area (Å²) in [6.07, 6.45) is 5.37. The number of thioether (sulfide) groups is 1. The van der Waals surface area contributed by atoms with Gasteiger partial charge in [-0.25, -0.2) is 0 Å². The molecule has 1 N–H and O–H groups in total. The van der Waals surface area contributed by atoms with Crippen LogP contribution in [0.25, 0.3) is 6.08 Å². The van der Waals surface area contributed by atoms with Gasteiger partial charge in [0.05, 0.1) is 11.6 Å². The van der Waals surface area contributed by atoms with E-state index in [2.05, 4.69) is 21.2 Å². The molecule has 1 aliphatic rings. The minimum atomic E-state index is -0.278. The van der Waals surface area contributed by atoms with Crippen molar-refractivity contribution in [2.75, 3.05) is 12.0 Å². The topological polar surface area (TPSA) is 49.4 Å². The lowest BCUT2D eigenvalue weighted by Gasteiger charge is -2.16. The molecule has 0 saturated carbocycles. The molecule has 0 bridgehead atoms. The number of benzene rings is 2. The van der Waals surface area contributed by atoms with Crippen LogP contribution in [0.1, 0.15) is 11.1 Å². The van der Waals surface area contributed by atoms with E-state index in [0.717, 1.165) is 33.0 Å². The Morgan fingerprint density at radius 2 is 1.92 bits per heavy atom. The summed E-state index contributed by atoms with van der Waals surface area (Å²) in [6.45, 7) is 2.11. The summed E-state index contributed by atoms with van der Waals surface area (Å²) < 4.78 is 0.986. The van der Waals surface area contributed by atoms with Crippen LogP contribution in [0.3, 0.4) is 0 Å². The summed E-state index contributed by atoms with van der Waals surface area (Å²) in [5.74, 6) is -0.278. The Morgan fingerprint density at radius 1 is 1.15 bits per heavy atom. The van der Waals surface area contributed by atoms with Crippen molar-refractivity contribution in [3.8, 4) is 0 Å². The van der Waals surface area contributed by atoms with Crippen molar-refractivity contribution in [3.63, 3.8) is 0 Å². The summed E-state index contributed by atoms with van der Waals surface area (Å²) in [5, 5.41) is 2.88. The molecule has 0 aliphatic carbocycles. The predicted octanol–water partition coefficient (Wildman–Crippen LogP) is 5.42. The fourth-order valence-corrected chi connectivity index (χ4v) is 3.72. The summed E-state index contributed by atoms with van der Waals surface area (Å²) in [7, 11) is 0. The van der Waals surface area contributed by atoms with Crippen molar-refractivity contribution >= 4 is 50.6 Å². The van der Waals surface area contributed by atoms with Gasteiger partial charge in [-0.1, -0.05) is 58.4 Å². The molecule has 6 heteroatoms. The van der Waals surface area contributed by atoms with Gasteiger partial charge < -0.3 is 5.32 Å². The Kier molecular flexibility index (Phi) is 5.96. The van der Waals surface area contributed by atoms with E-state index in [1.165, 1.54) is 4.90 Å². The quantitative estimate of drug-likeness (QED) is 0.645. The number of halogens is 1. The van der Waals surface area contributed by atoms with Gasteiger partial charge in [0.25, 0.3) is 11.1 Å². The number of carbonyl (C=O) groups is 2. The van der Waals surface area contributed by atoms with Gasteiger partial charge in [-0.3, -0.25) is 14.5 Å². The van der Waals surface area contributed by atoms with Crippen LogP contribution in [0.15, 0.2) is 70.1 Å². The fourth-order valence-electron chi connectivity index (χ4n) is 2.45. The van der Waals surface area contributed by atoms with Crippen LogP contribution < -0.4 is 5.32 Å². The summed E-state index contributed by atoms with van der Waals surface area (Å²) in [4.78, 5) is 26.2. The van der Waals surface area contributed by atoms with Crippen LogP contribution in [-0.4, -0.2) is 22.7 Å². The van der Waals surface area contributed by atoms with Gasteiger partial charge in [-0.2, -0.15) is 0 Å². The number of allylic oxidation sites excluding steroid dienone is 2. The van der Waals surface area contributed by atoms with Gasteiger partial charge in [-0.05, 0) is 54.1 Å². The Labute approximate surface area is 165 Å². The first-order valence-corrected chi connectivity index (χ1v) is 9.62. The zero-order valence-corrected chi connectivity index (χ0v) is 16.5. The van der Waals surface area contributed by atoms with E-state index in [1.807, 2.05) is 61.5 Å². The Morgan fingerprint density at radius 3 is 2.65 bits per heavy atom. The third-order valence-electron chi connectivity index (χ3n) is 3.83. The highest BCUT2D eigenvalue weighted by atomic mass is 79.9. The molecule has 2 aromatic carbocycles. The lowest BCUT2D eigenvalue weighted by molar-refractivity contribution is -0.122. The number of anilines is 1. The maximum atomic E-state index is 12.5. The third kappa shape index (κ3) is 4.45. The summed E-state index contributed by atoms with van der Waals surface area (Å²) >= 11 is 4.38. The number of nitrogens with one attached hydrogen (secondary N) is 1. The molecule has 1 aliphatic heterocycles. The molecule has 2 amide bonds. The smallest absolute Gasteiger partial charge is 0.295 e. The maximum absolute atomic E-state index is 12.5. The van der Waals surface area contributed by atoms with Crippen molar-refractivity contribution in [3.05, 3.63) is 81.2 Å². The lowest BCUT2D eigenvalue weighted by atomic mass is 10.2. The van der Waals surface area contributed by atoms with Crippen molar-refractivity contribution in [2.45, 2.75) is 6.92 Å². The van der Waals surface area contributed by atoms with Gasteiger partial charge in [0.15, 0.2) is 0 Å². The van der Waals surface area contributed by atoms with Crippen LogP contribution in [0.5, 0.6) is 0 Å². The highest BCUT2D eigenvalue weighted by Crippen LogP contribution is 2.30. The van der Waals surface area contributed by atoms with Crippen molar-refractivity contribution in [1.29, 1.82) is 0 Å². The van der Waals surface area contributed by atoms with E-state index in [1.54, 1.807) is 12.2 Å². The van der Waals surface area contributed by atoms with Crippen LogP contribution in [0.4, 0.5) is 10.5 Å². The second-order valence-corrected chi connectivity index (χ2v) is 7.60. The largest absolute Gasteiger partial charge is 0.367 e. The number of hydrogen-bond donors (Lipinski definition) is 1. The molecule has 26 heavy (non-hydrogen) atoms. The Hall–Kier alpha value is -2.31. The summed E-state index contributed by atoms with van der Waals surface area (Å²) in [6, 6.07) is 15.6. The van der Waals surface area contributed by atoms with Gasteiger partial charge in [0.1, 0.15) is 0 Å². The van der Waals surface area contributed by atoms with Crippen LogP contribution in [-0.2, 0) is 4.79 Å². The number of aryl methyl sites for hydroxylation is 1. The molecule has 0 spiro atoms. The SMILES string of the molecule is Cc1cc(Br)ccc1NCN1C(=O)S/C(=C/C=C\c2ccccc2)C1=O. The zero-order chi connectivity index (χ0) is 18.5. The first kappa shape index (κ1) is 18.5. The number of imide groups is 1. The van der Waals surface area contributed by atoms with E-state index in [4.69, 9.17) is 0 Å². The molecule has 4 nitrogen and oxygen atoms in total. The third-order valence-corrected chi connectivity index (χ3v) is 5.24. The number of rotatable bonds is 5.